The summed E-state index contributed by atoms with van der Waals surface area (Å²) in [4.78, 5) is 19.6. The van der Waals surface area contributed by atoms with Crippen LogP contribution < -0.4 is 11.5 Å². The van der Waals surface area contributed by atoms with Gasteiger partial charge in [0, 0.05) is 0 Å². The fourth-order valence-corrected chi connectivity index (χ4v) is 0.285. The number of rotatable bonds is 3. The molecule has 6 N–H and O–H groups in total. The highest BCUT2D eigenvalue weighted by molar-refractivity contribution is 5.73. The van der Waals surface area contributed by atoms with Crippen molar-refractivity contribution < 1.29 is 19.8 Å². The van der Waals surface area contributed by atoms with Crippen molar-refractivity contribution >= 4 is 11.9 Å². The van der Waals surface area contributed by atoms with Crippen LogP contribution in [-0.2, 0) is 9.59 Å². The molecule has 0 aromatic heterocycles. The molecule has 0 spiro atoms. The summed E-state index contributed by atoms with van der Waals surface area (Å²) >= 11 is 0. The minimum absolute atomic E-state index is 0.0208. The predicted molar refractivity (Wildman–Crippen MR) is 51.7 cm³/mol. The van der Waals surface area contributed by atoms with Gasteiger partial charge in [0.2, 0.25) is 0 Å². The van der Waals surface area contributed by atoms with Gasteiger partial charge in [-0.2, -0.15) is 0 Å². The van der Waals surface area contributed by atoms with Gasteiger partial charge in [-0.05, 0) is 12.8 Å². The summed E-state index contributed by atoms with van der Waals surface area (Å²) in [6.07, 6.45) is 0. The lowest BCUT2D eigenvalue weighted by atomic mass is 10.1. The number of aliphatic carboxylic acids is 2. The first-order valence-corrected chi connectivity index (χ1v) is 4.16. The van der Waals surface area contributed by atoms with Crippen molar-refractivity contribution in [3.05, 3.63) is 0 Å². The van der Waals surface area contributed by atoms with E-state index >= 15 is 0 Å². The SMILES string of the molecule is CC(C)[C@H](N)C(=O)O.C[C@H](N)C(=O)O. The molecule has 0 fully saturated rings. The van der Waals surface area contributed by atoms with Gasteiger partial charge in [0.05, 0.1) is 0 Å². The number of hydrogen-bond donors (Lipinski definition) is 4. The molecule has 84 valence electrons. The molecule has 0 unspecified atom stereocenters. The Morgan fingerprint density at radius 2 is 1.29 bits per heavy atom. The minimum Gasteiger partial charge on any atom is -0.480 e. The third-order valence-corrected chi connectivity index (χ3v) is 1.39. The number of hydrogen-bond acceptors (Lipinski definition) is 4. The van der Waals surface area contributed by atoms with E-state index in [-0.39, 0.29) is 5.92 Å². The average Bonchev–Trinajstić information content (AvgIpc) is 2.03. The molecule has 0 aliphatic heterocycles. The molecule has 0 heterocycles. The Kier molecular flexibility index (Phi) is 7.98. The molecule has 0 amide bonds. The second kappa shape index (κ2) is 7.28. The first kappa shape index (κ1) is 15.3. The standard InChI is InChI=1S/C5H11NO2.C3H7NO2/c1-3(2)4(6)5(7)8;1-2(4)3(5)6/h3-4H,6H2,1-2H3,(H,7,8);2H,4H2,1H3,(H,5,6)/t4-;2-/m00/s1. The molecule has 0 aliphatic rings. The van der Waals surface area contributed by atoms with E-state index in [4.69, 9.17) is 21.7 Å². The quantitative estimate of drug-likeness (QED) is 0.491. The Hall–Kier alpha value is -1.14. The van der Waals surface area contributed by atoms with Gasteiger partial charge in [-0.3, -0.25) is 9.59 Å². The van der Waals surface area contributed by atoms with Crippen LogP contribution in [-0.4, -0.2) is 34.2 Å². The van der Waals surface area contributed by atoms with Gasteiger partial charge in [-0.25, -0.2) is 0 Å². The molecule has 14 heavy (non-hydrogen) atoms. The topological polar surface area (TPSA) is 127 Å². The largest absolute Gasteiger partial charge is 0.480 e. The van der Waals surface area contributed by atoms with E-state index in [1.165, 1.54) is 6.92 Å². The number of carboxylic acids is 2. The van der Waals surface area contributed by atoms with Crippen molar-refractivity contribution in [2.75, 3.05) is 0 Å². The van der Waals surface area contributed by atoms with Gasteiger partial charge in [-0.15, -0.1) is 0 Å². The highest BCUT2D eigenvalue weighted by Gasteiger charge is 2.14. The molecule has 0 saturated carbocycles. The van der Waals surface area contributed by atoms with Gasteiger partial charge in [0.1, 0.15) is 12.1 Å². The molecule has 0 bridgehead atoms. The van der Waals surface area contributed by atoms with Gasteiger partial charge in [0.25, 0.3) is 0 Å². The van der Waals surface area contributed by atoms with Crippen LogP contribution in [0.1, 0.15) is 20.8 Å². The van der Waals surface area contributed by atoms with Crippen molar-refractivity contribution in [3.63, 3.8) is 0 Å². The second-order valence-electron chi connectivity index (χ2n) is 3.23. The summed E-state index contributed by atoms with van der Waals surface area (Å²) in [7, 11) is 0. The summed E-state index contributed by atoms with van der Waals surface area (Å²) in [5.41, 5.74) is 10.00. The molecule has 2 atom stereocenters. The Balaban J connectivity index is 0. The van der Waals surface area contributed by atoms with Gasteiger partial charge in [0.15, 0.2) is 0 Å². The zero-order valence-corrected chi connectivity index (χ0v) is 8.60. The Labute approximate surface area is 82.9 Å². The highest BCUT2D eigenvalue weighted by Crippen LogP contribution is 1.96. The first-order valence-electron chi connectivity index (χ1n) is 4.16. The predicted octanol–water partition coefficient (Wildman–Crippen LogP) is -0.527. The van der Waals surface area contributed by atoms with E-state index in [9.17, 15) is 9.59 Å². The summed E-state index contributed by atoms with van der Waals surface area (Å²) in [6, 6.07) is -1.44. The van der Waals surface area contributed by atoms with Crippen LogP contribution >= 0.6 is 0 Å². The van der Waals surface area contributed by atoms with Crippen LogP contribution in [0.25, 0.3) is 0 Å². The molecule has 6 heteroatoms. The van der Waals surface area contributed by atoms with Crippen molar-refractivity contribution in [1.82, 2.24) is 0 Å². The van der Waals surface area contributed by atoms with Crippen LogP contribution in [0.3, 0.4) is 0 Å². The monoisotopic (exact) mass is 206 g/mol. The van der Waals surface area contributed by atoms with Crippen LogP contribution in [0, 0.1) is 5.92 Å². The normalized spacial score (nSPS) is 13.9. The number of carboxylic acid groups (broad SMARTS) is 2. The Bertz CT molecular complexity index is 192. The lowest BCUT2D eigenvalue weighted by Crippen LogP contribution is -2.34. The Morgan fingerprint density at radius 1 is 1.00 bits per heavy atom. The average molecular weight is 206 g/mol. The maximum Gasteiger partial charge on any atom is 0.320 e. The number of carbonyl (C=O) groups is 2. The molecule has 0 saturated heterocycles. The summed E-state index contributed by atoms with van der Waals surface area (Å²) in [6.45, 7) is 4.97. The molecular weight excluding hydrogens is 188 g/mol. The maximum atomic E-state index is 10.0. The van der Waals surface area contributed by atoms with Crippen LogP contribution in [0.4, 0.5) is 0 Å². The zero-order chi connectivity index (χ0) is 11.9. The van der Waals surface area contributed by atoms with Crippen LogP contribution in [0.5, 0.6) is 0 Å². The van der Waals surface area contributed by atoms with Crippen molar-refractivity contribution in [2.24, 2.45) is 17.4 Å². The second-order valence-corrected chi connectivity index (χ2v) is 3.23. The molecule has 0 aromatic carbocycles. The lowest BCUT2D eigenvalue weighted by molar-refractivity contribution is -0.140. The van der Waals surface area contributed by atoms with Gasteiger partial charge < -0.3 is 21.7 Å². The molecule has 0 aliphatic carbocycles. The van der Waals surface area contributed by atoms with E-state index in [0.717, 1.165) is 0 Å². The molecule has 0 rings (SSSR count). The molecular formula is C8H18N2O4. The third-order valence-electron chi connectivity index (χ3n) is 1.39. The third kappa shape index (κ3) is 8.95. The minimum atomic E-state index is -0.963. The summed E-state index contributed by atoms with van der Waals surface area (Å²) < 4.78 is 0. The fourth-order valence-electron chi connectivity index (χ4n) is 0.285. The zero-order valence-electron chi connectivity index (χ0n) is 8.60. The Morgan fingerprint density at radius 3 is 1.29 bits per heavy atom. The number of nitrogens with two attached hydrogens (primary N) is 2. The van der Waals surface area contributed by atoms with Crippen molar-refractivity contribution in [2.45, 2.75) is 32.9 Å². The highest BCUT2D eigenvalue weighted by atomic mass is 16.4. The van der Waals surface area contributed by atoms with Gasteiger partial charge in [-0.1, -0.05) is 13.8 Å². The molecule has 0 aromatic rings. The molecule has 0 radical (unpaired) electrons. The van der Waals surface area contributed by atoms with E-state index in [2.05, 4.69) is 0 Å². The van der Waals surface area contributed by atoms with E-state index < -0.39 is 24.0 Å². The van der Waals surface area contributed by atoms with E-state index in [0.29, 0.717) is 0 Å². The fraction of sp³-hybridized carbons (Fsp3) is 0.750. The van der Waals surface area contributed by atoms with E-state index in [1.54, 1.807) is 13.8 Å². The van der Waals surface area contributed by atoms with E-state index in [1.807, 2.05) is 0 Å². The van der Waals surface area contributed by atoms with Crippen molar-refractivity contribution in [3.8, 4) is 0 Å². The maximum absolute atomic E-state index is 10.0. The summed E-state index contributed by atoms with van der Waals surface area (Å²) in [5.74, 6) is -1.87. The van der Waals surface area contributed by atoms with Crippen molar-refractivity contribution in [1.29, 1.82) is 0 Å². The van der Waals surface area contributed by atoms with Gasteiger partial charge >= 0.3 is 11.9 Å². The van der Waals surface area contributed by atoms with Crippen LogP contribution in [0.15, 0.2) is 0 Å². The van der Waals surface area contributed by atoms with Crippen LogP contribution in [0.2, 0.25) is 0 Å². The smallest absolute Gasteiger partial charge is 0.320 e. The molecule has 6 nitrogen and oxygen atoms in total. The lowest BCUT2D eigenvalue weighted by Gasteiger charge is -2.07. The first-order chi connectivity index (χ1) is 6.20. The summed E-state index contributed by atoms with van der Waals surface area (Å²) in [5, 5.41) is 16.1.